The molecule has 0 saturated carbocycles. The topological polar surface area (TPSA) is 79.1 Å². The number of hydrogen-bond acceptors (Lipinski definition) is 7. The molecule has 0 aliphatic carbocycles. The van der Waals surface area contributed by atoms with E-state index in [-0.39, 0.29) is 17.6 Å². The van der Waals surface area contributed by atoms with Gasteiger partial charge in [0.2, 0.25) is 5.16 Å². The van der Waals surface area contributed by atoms with Crippen LogP contribution in [-0.2, 0) is 0 Å². The normalized spacial score (nSPS) is 10.8. The molecule has 0 fully saturated rings. The fraction of sp³-hybridized carbons (Fsp3) is 0.429. The predicted octanol–water partition coefficient (Wildman–Crippen LogP) is 2.25. The lowest BCUT2D eigenvalue weighted by Crippen LogP contribution is -2.08. The highest BCUT2D eigenvalue weighted by molar-refractivity contribution is 7.99. The van der Waals surface area contributed by atoms with Crippen LogP contribution < -0.4 is 9.47 Å². The second kappa shape index (κ2) is 7.26. The Hall–Kier alpha value is -2.09. The molecular formula is C14H18N4O3S. The van der Waals surface area contributed by atoms with Crippen molar-refractivity contribution in [3.63, 3.8) is 0 Å². The molecule has 2 aromatic rings. The van der Waals surface area contributed by atoms with Gasteiger partial charge in [-0.05, 0) is 42.5 Å². The van der Waals surface area contributed by atoms with Crippen molar-refractivity contribution in [3.05, 3.63) is 23.8 Å². The Balaban J connectivity index is 2.08. The van der Waals surface area contributed by atoms with Crippen molar-refractivity contribution in [3.8, 4) is 11.5 Å². The average Bonchev–Trinajstić information content (AvgIpc) is 3.00. The Morgan fingerprint density at radius 1 is 1.27 bits per heavy atom. The molecule has 8 heteroatoms. The molecule has 0 aliphatic heterocycles. The van der Waals surface area contributed by atoms with Crippen molar-refractivity contribution >= 4 is 17.5 Å². The first-order chi connectivity index (χ1) is 10.6. The van der Waals surface area contributed by atoms with Crippen molar-refractivity contribution in [1.82, 2.24) is 20.2 Å². The Bertz CT molecular complexity index is 657. The minimum atomic E-state index is -0.0238. The zero-order valence-electron chi connectivity index (χ0n) is 12.9. The number of tetrazole rings is 1. The Labute approximate surface area is 133 Å². The first-order valence-corrected chi connectivity index (χ1v) is 7.71. The van der Waals surface area contributed by atoms with E-state index in [0.717, 1.165) is 0 Å². The van der Waals surface area contributed by atoms with Gasteiger partial charge in [0.25, 0.3) is 0 Å². The summed E-state index contributed by atoms with van der Waals surface area (Å²) < 4.78 is 12.1. The predicted molar refractivity (Wildman–Crippen MR) is 82.8 cm³/mol. The number of thioether (sulfide) groups is 1. The largest absolute Gasteiger partial charge is 0.493 e. The van der Waals surface area contributed by atoms with Crippen molar-refractivity contribution in [2.75, 3.05) is 20.0 Å². The molecule has 1 heterocycles. The zero-order chi connectivity index (χ0) is 16.1. The van der Waals surface area contributed by atoms with E-state index >= 15 is 0 Å². The molecule has 22 heavy (non-hydrogen) atoms. The lowest BCUT2D eigenvalue weighted by Gasteiger charge is -2.09. The van der Waals surface area contributed by atoms with Crippen LogP contribution in [0.5, 0.6) is 11.5 Å². The number of carbonyl (C=O) groups is 1. The van der Waals surface area contributed by atoms with Crippen molar-refractivity contribution in [1.29, 1.82) is 0 Å². The summed E-state index contributed by atoms with van der Waals surface area (Å²) in [7, 11) is 3.10. The van der Waals surface area contributed by atoms with Crippen LogP contribution in [0.25, 0.3) is 0 Å². The van der Waals surface area contributed by atoms with Gasteiger partial charge in [-0.1, -0.05) is 11.8 Å². The SMILES string of the molecule is COc1ccc(C(=O)CSc2nnnn2C(C)C)cc1OC. The maximum atomic E-state index is 12.3. The molecule has 0 amide bonds. The minimum Gasteiger partial charge on any atom is -0.493 e. The van der Waals surface area contributed by atoms with Gasteiger partial charge in [0.05, 0.1) is 26.0 Å². The van der Waals surface area contributed by atoms with E-state index in [9.17, 15) is 4.79 Å². The summed E-state index contributed by atoms with van der Waals surface area (Å²) in [6.07, 6.45) is 0. The number of Topliss-reactive ketones (excluding diaryl/α,β-unsaturated/α-hetero) is 1. The molecule has 0 N–H and O–H groups in total. The van der Waals surface area contributed by atoms with Gasteiger partial charge in [0, 0.05) is 5.56 Å². The molecule has 118 valence electrons. The highest BCUT2D eigenvalue weighted by atomic mass is 32.2. The Kier molecular flexibility index (Phi) is 5.37. The van der Waals surface area contributed by atoms with Crippen LogP contribution >= 0.6 is 11.8 Å². The van der Waals surface area contributed by atoms with E-state index in [1.165, 1.54) is 18.9 Å². The first-order valence-electron chi connectivity index (χ1n) is 6.72. The molecule has 0 radical (unpaired) electrons. The number of nitrogens with zero attached hydrogens (tertiary/aromatic N) is 4. The number of rotatable bonds is 7. The van der Waals surface area contributed by atoms with Crippen molar-refractivity contribution in [2.24, 2.45) is 0 Å². The molecule has 0 saturated heterocycles. The standard InChI is InChI=1S/C14H18N4O3S/c1-9(2)18-14(15-16-17-18)22-8-11(19)10-5-6-12(20-3)13(7-10)21-4/h5-7,9H,8H2,1-4H3. The van der Waals surface area contributed by atoms with Gasteiger partial charge < -0.3 is 9.47 Å². The van der Waals surface area contributed by atoms with Crippen molar-refractivity contribution < 1.29 is 14.3 Å². The monoisotopic (exact) mass is 322 g/mol. The summed E-state index contributed by atoms with van der Waals surface area (Å²) in [5, 5.41) is 12.1. The van der Waals surface area contributed by atoms with Crippen LogP contribution in [0.3, 0.4) is 0 Å². The van der Waals surface area contributed by atoms with E-state index in [1.54, 1.807) is 30.0 Å². The molecule has 0 unspecified atom stereocenters. The van der Waals surface area contributed by atoms with E-state index in [2.05, 4.69) is 15.5 Å². The zero-order valence-corrected chi connectivity index (χ0v) is 13.8. The van der Waals surface area contributed by atoms with Crippen LogP contribution in [0.15, 0.2) is 23.4 Å². The van der Waals surface area contributed by atoms with Crippen LogP contribution in [0.2, 0.25) is 0 Å². The van der Waals surface area contributed by atoms with Gasteiger partial charge in [0.1, 0.15) is 0 Å². The second-order valence-corrected chi connectivity index (χ2v) is 5.72. The second-order valence-electron chi connectivity index (χ2n) is 4.78. The van der Waals surface area contributed by atoms with Crippen LogP contribution in [-0.4, -0.2) is 46.0 Å². The molecule has 0 spiro atoms. The van der Waals surface area contributed by atoms with Gasteiger partial charge in [-0.15, -0.1) is 5.10 Å². The minimum absolute atomic E-state index is 0.0238. The molecular weight excluding hydrogens is 304 g/mol. The van der Waals surface area contributed by atoms with E-state index in [0.29, 0.717) is 22.2 Å². The quantitative estimate of drug-likeness (QED) is 0.571. The maximum absolute atomic E-state index is 12.3. The lowest BCUT2D eigenvalue weighted by molar-refractivity contribution is 0.102. The van der Waals surface area contributed by atoms with Gasteiger partial charge in [-0.25, -0.2) is 4.68 Å². The third-order valence-electron chi connectivity index (χ3n) is 2.99. The van der Waals surface area contributed by atoms with Gasteiger partial charge in [-0.3, -0.25) is 4.79 Å². The smallest absolute Gasteiger partial charge is 0.209 e. The molecule has 0 aliphatic rings. The number of ketones is 1. The van der Waals surface area contributed by atoms with E-state index < -0.39 is 0 Å². The molecule has 0 atom stereocenters. The summed E-state index contributed by atoms with van der Waals surface area (Å²) in [4.78, 5) is 12.3. The summed E-state index contributed by atoms with van der Waals surface area (Å²) in [6, 6.07) is 5.26. The maximum Gasteiger partial charge on any atom is 0.209 e. The van der Waals surface area contributed by atoms with Crippen LogP contribution in [0.4, 0.5) is 0 Å². The number of methoxy groups -OCH3 is 2. The van der Waals surface area contributed by atoms with E-state index in [4.69, 9.17) is 9.47 Å². The summed E-state index contributed by atoms with van der Waals surface area (Å²) >= 11 is 1.31. The van der Waals surface area contributed by atoms with Gasteiger partial charge in [0.15, 0.2) is 17.3 Å². The fourth-order valence-electron chi connectivity index (χ4n) is 1.83. The Morgan fingerprint density at radius 3 is 2.64 bits per heavy atom. The highest BCUT2D eigenvalue weighted by Gasteiger charge is 2.15. The molecule has 7 nitrogen and oxygen atoms in total. The van der Waals surface area contributed by atoms with Gasteiger partial charge in [-0.2, -0.15) is 0 Å². The van der Waals surface area contributed by atoms with E-state index in [1.807, 2.05) is 13.8 Å². The summed E-state index contributed by atoms with van der Waals surface area (Å²) in [6.45, 7) is 3.97. The lowest BCUT2D eigenvalue weighted by atomic mass is 10.1. The molecule has 2 rings (SSSR count). The van der Waals surface area contributed by atoms with Crippen LogP contribution in [0, 0.1) is 0 Å². The van der Waals surface area contributed by atoms with Gasteiger partial charge >= 0.3 is 0 Å². The third kappa shape index (κ3) is 3.56. The number of aromatic nitrogens is 4. The van der Waals surface area contributed by atoms with Crippen LogP contribution in [0.1, 0.15) is 30.2 Å². The Morgan fingerprint density at radius 2 is 2.00 bits per heavy atom. The highest BCUT2D eigenvalue weighted by Crippen LogP contribution is 2.28. The fourth-order valence-corrected chi connectivity index (χ4v) is 2.73. The van der Waals surface area contributed by atoms with Crippen molar-refractivity contribution in [2.45, 2.75) is 25.0 Å². The summed E-state index contributed by atoms with van der Waals surface area (Å²) in [5.41, 5.74) is 0.564. The molecule has 1 aromatic carbocycles. The number of hydrogen-bond donors (Lipinski definition) is 0. The third-order valence-corrected chi connectivity index (χ3v) is 3.92. The number of carbonyl (C=O) groups excluding carboxylic acids is 1. The molecule has 0 bridgehead atoms. The number of ether oxygens (including phenoxy) is 2. The summed E-state index contributed by atoms with van der Waals surface area (Å²) in [5.74, 6) is 1.35. The number of benzene rings is 1. The first kappa shape index (κ1) is 16.3. The average molecular weight is 322 g/mol. The molecule has 1 aromatic heterocycles.